The quantitative estimate of drug-likeness (QED) is 0.440. The number of fused-ring (bicyclic) bond motifs is 1. The Labute approximate surface area is 215 Å². The maximum absolute atomic E-state index is 13.7. The number of aliphatic hydroxyl groups is 1. The Hall–Kier alpha value is -3.03. The Morgan fingerprint density at radius 1 is 1.22 bits per heavy atom. The van der Waals surface area contributed by atoms with Crippen LogP contribution in [0.2, 0.25) is 0 Å². The number of carbonyl (C=O) groups excluding carboxylic acids is 1. The molecule has 3 heterocycles. The Bertz CT molecular complexity index is 1460. The highest BCUT2D eigenvalue weighted by Gasteiger charge is 2.73. The molecule has 1 aromatic heterocycles. The maximum Gasteiger partial charge on any atom is 0.253 e. The zero-order chi connectivity index (χ0) is 25.1. The minimum atomic E-state index is -0.950. The summed E-state index contributed by atoms with van der Waals surface area (Å²) in [5.41, 5.74) is 3.13. The molecule has 7 heteroatoms. The van der Waals surface area contributed by atoms with Crippen molar-refractivity contribution < 1.29 is 19.7 Å². The number of likely N-dealkylation sites (tertiary alicyclic amines) is 1. The molecule has 0 radical (unpaired) electrons. The predicted molar refractivity (Wildman–Crippen MR) is 139 cm³/mol. The third-order valence-corrected chi connectivity index (χ3v) is 10.2. The van der Waals surface area contributed by atoms with Crippen LogP contribution < -0.4 is 10.1 Å². The molecule has 37 heavy (non-hydrogen) atoms. The number of piperidine rings is 1. The number of hydrogen-bond donors (Lipinski definition) is 4. The van der Waals surface area contributed by atoms with Crippen LogP contribution in [0.5, 0.6) is 11.5 Å². The topological polar surface area (TPSA) is 97.8 Å². The molecular weight excluding hydrogens is 466 g/mol. The van der Waals surface area contributed by atoms with Crippen molar-refractivity contribution >= 4 is 16.8 Å². The molecule has 2 aliphatic heterocycles. The van der Waals surface area contributed by atoms with Crippen molar-refractivity contribution in [3.63, 3.8) is 0 Å². The molecule has 8 rings (SSSR count). The van der Waals surface area contributed by atoms with Crippen molar-refractivity contribution in [3.05, 3.63) is 58.8 Å². The number of phenolic OH excluding ortho intramolecular Hbond substituents is 1. The number of hydrogen-bond acceptors (Lipinski definition) is 5. The van der Waals surface area contributed by atoms with Crippen LogP contribution >= 0.6 is 0 Å². The van der Waals surface area contributed by atoms with Crippen LogP contribution in [0.25, 0.3) is 10.9 Å². The lowest BCUT2D eigenvalue weighted by Crippen LogP contribution is -2.78. The molecule has 3 fully saturated rings. The molecule has 2 saturated carbocycles. The number of benzene rings is 2. The van der Waals surface area contributed by atoms with E-state index in [2.05, 4.69) is 15.2 Å². The van der Waals surface area contributed by atoms with Crippen LogP contribution in [0.1, 0.15) is 59.2 Å². The van der Waals surface area contributed by atoms with E-state index in [0.29, 0.717) is 24.2 Å². The number of nitrogens with zero attached hydrogens (tertiary/aromatic N) is 1. The van der Waals surface area contributed by atoms with E-state index >= 15 is 0 Å². The van der Waals surface area contributed by atoms with Gasteiger partial charge < -0.3 is 25.3 Å². The van der Waals surface area contributed by atoms with Crippen molar-refractivity contribution in [2.75, 3.05) is 13.1 Å². The van der Waals surface area contributed by atoms with E-state index in [0.717, 1.165) is 53.9 Å². The molecule has 0 unspecified atom stereocenters. The molecule has 1 amide bonds. The van der Waals surface area contributed by atoms with Gasteiger partial charge in [0.25, 0.3) is 5.91 Å². The van der Waals surface area contributed by atoms with Crippen molar-refractivity contribution in [1.29, 1.82) is 0 Å². The Morgan fingerprint density at radius 2 is 2.08 bits per heavy atom. The van der Waals surface area contributed by atoms with Crippen LogP contribution in [-0.2, 0) is 11.8 Å². The lowest BCUT2D eigenvalue weighted by molar-refractivity contribution is -0.191. The smallest absolute Gasteiger partial charge is 0.253 e. The van der Waals surface area contributed by atoms with E-state index < -0.39 is 17.1 Å². The highest BCUT2D eigenvalue weighted by atomic mass is 16.5. The summed E-state index contributed by atoms with van der Waals surface area (Å²) in [5.74, 6) is 1.25. The number of aromatic amines is 1. The van der Waals surface area contributed by atoms with Crippen molar-refractivity contribution in [2.24, 2.45) is 5.92 Å². The van der Waals surface area contributed by atoms with Gasteiger partial charge in [0.1, 0.15) is 6.10 Å². The van der Waals surface area contributed by atoms with Gasteiger partial charge in [0, 0.05) is 29.7 Å². The summed E-state index contributed by atoms with van der Waals surface area (Å²) in [7, 11) is 0. The summed E-state index contributed by atoms with van der Waals surface area (Å²) < 4.78 is 6.59. The number of aromatic hydroxyl groups is 1. The first-order chi connectivity index (χ1) is 17.9. The molecule has 192 valence electrons. The number of carbonyl (C=O) groups is 1. The number of H-pyrrole nitrogens is 1. The van der Waals surface area contributed by atoms with Gasteiger partial charge in [0.05, 0.1) is 28.1 Å². The predicted octanol–water partition coefficient (Wildman–Crippen LogP) is 3.54. The van der Waals surface area contributed by atoms with Gasteiger partial charge in [-0.1, -0.05) is 18.2 Å². The number of nitrogens with one attached hydrogen (secondary N) is 2. The van der Waals surface area contributed by atoms with E-state index in [1.54, 1.807) is 6.07 Å². The largest absolute Gasteiger partial charge is 0.504 e. The number of amides is 1. The lowest BCUT2D eigenvalue weighted by Gasteiger charge is -2.64. The Morgan fingerprint density at radius 3 is 2.92 bits per heavy atom. The van der Waals surface area contributed by atoms with Crippen LogP contribution in [-0.4, -0.2) is 62.9 Å². The number of rotatable bonds is 4. The normalized spacial score (nSPS) is 33.7. The van der Waals surface area contributed by atoms with Gasteiger partial charge in [0.15, 0.2) is 11.5 Å². The van der Waals surface area contributed by atoms with Gasteiger partial charge in [-0.2, -0.15) is 0 Å². The minimum Gasteiger partial charge on any atom is -0.504 e. The molecule has 3 aromatic rings. The minimum absolute atomic E-state index is 0.0308. The number of para-hydroxylation sites is 1. The Kier molecular flexibility index (Phi) is 4.34. The maximum atomic E-state index is 13.7. The van der Waals surface area contributed by atoms with Gasteiger partial charge in [-0.3, -0.25) is 9.69 Å². The molecule has 5 aliphatic rings. The van der Waals surface area contributed by atoms with Crippen LogP contribution in [0, 0.1) is 12.8 Å². The summed E-state index contributed by atoms with van der Waals surface area (Å²) in [6.07, 6.45) is 6.85. The van der Waals surface area contributed by atoms with Crippen LogP contribution in [0.4, 0.5) is 0 Å². The number of ether oxygens (including phenoxy) is 1. The Balaban J connectivity index is 1.20. The molecule has 4 N–H and O–H groups in total. The summed E-state index contributed by atoms with van der Waals surface area (Å²) in [6.45, 7) is 3.98. The summed E-state index contributed by atoms with van der Waals surface area (Å²) in [5, 5.41) is 27.8. The second kappa shape index (κ2) is 7.29. The molecule has 5 atom stereocenters. The van der Waals surface area contributed by atoms with Crippen LogP contribution in [0.3, 0.4) is 0 Å². The molecular formula is C30H33N3O4. The SMILES string of the molecule is Cc1c[nH]c2c(C(=O)N[C@H]3CC[C@@]4(O)[C@H]5Cc6ccc(O)c7c6[C@@]4(CCN5CC4CC4)[C@H]3O7)cccc12. The number of phenols is 1. The first-order valence-electron chi connectivity index (χ1n) is 13.8. The van der Waals surface area contributed by atoms with E-state index in [9.17, 15) is 15.0 Å². The number of aromatic nitrogens is 1. The van der Waals surface area contributed by atoms with Gasteiger partial charge >= 0.3 is 0 Å². The lowest BCUT2D eigenvalue weighted by atomic mass is 9.48. The molecule has 2 aromatic carbocycles. The summed E-state index contributed by atoms with van der Waals surface area (Å²) >= 11 is 0. The second-order valence-corrected chi connectivity index (χ2v) is 12.1. The van der Waals surface area contributed by atoms with Gasteiger partial charge in [-0.25, -0.2) is 0 Å². The monoisotopic (exact) mass is 499 g/mol. The third-order valence-electron chi connectivity index (χ3n) is 10.2. The molecule has 2 bridgehead atoms. The first-order valence-corrected chi connectivity index (χ1v) is 13.8. The molecule has 1 spiro atoms. The fourth-order valence-electron chi connectivity index (χ4n) is 8.36. The third kappa shape index (κ3) is 2.76. The zero-order valence-electron chi connectivity index (χ0n) is 21.1. The van der Waals surface area contributed by atoms with E-state index in [1.165, 1.54) is 18.4 Å². The molecule has 7 nitrogen and oxygen atoms in total. The van der Waals surface area contributed by atoms with Crippen molar-refractivity contribution in [1.82, 2.24) is 15.2 Å². The average molecular weight is 500 g/mol. The molecule has 3 aliphatic carbocycles. The van der Waals surface area contributed by atoms with E-state index in [-0.39, 0.29) is 23.7 Å². The van der Waals surface area contributed by atoms with Crippen molar-refractivity contribution in [3.8, 4) is 11.5 Å². The molecule has 1 saturated heterocycles. The standard InChI is InChI=1S/C30H33N3O4/c1-16-14-31-25-19(16)3-2-4-20(25)28(35)32-21-9-10-30(36)23-13-18-7-8-22(34)26-24(18)29(30,27(21)37-26)11-12-33(23)15-17-5-6-17/h2-4,7-8,14,17,21,23,27,31,34,36H,5-6,9-13,15H2,1H3,(H,32,35)/t21-,23+,27-,29-,30+/m0/s1. The fourth-order valence-corrected chi connectivity index (χ4v) is 8.36. The van der Waals surface area contributed by atoms with E-state index in [4.69, 9.17) is 4.74 Å². The van der Waals surface area contributed by atoms with Gasteiger partial charge in [-0.05, 0) is 81.2 Å². The first kappa shape index (κ1) is 22.0. The van der Waals surface area contributed by atoms with Gasteiger partial charge in [0.2, 0.25) is 0 Å². The van der Waals surface area contributed by atoms with Crippen LogP contribution in [0.15, 0.2) is 36.5 Å². The highest BCUT2D eigenvalue weighted by molar-refractivity contribution is 6.06. The van der Waals surface area contributed by atoms with E-state index in [1.807, 2.05) is 37.4 Å². The summed E-state index contributed by atoms with van der Waals surface area (Å²) in [6, 6.07) is 9.31. The van der Waals surface area contributed by atoms with Crippen molar-refractivity contribution in [2.45, 2.75) is 74.7 Å². The zero-order valence-corrected chi connectivity index (χ0v) is 21.1. The van der Waals surface area contributed by atoms with Gasteiger partial charge in [-0.15, -0.1) is 0 Å². The number of aryl methyl sites for hydroxylation is 1. The second-order valence-electron chi connectivity index (χ2n) is 12.1. The average Bonchev–Trinajstić information content (AvgIpc) is 3.52. The fraction of sp³-hybridized carbons (Fsp3) is 0.500. The summed E-state index contributed by atoms with van der Waals surface area (Å²) in [4.78, 5) is 19.4. The highest BCUT2D eigenvalue weighted by Crippen LogP contribution is 2.65.